The van der Waals surface area contributed by atoms with Crippen molar-refractivity contribution in [2.24, 2.45) is 0 Å². The summed E-state index contributed by atoms with van der Waals surface area (Å²) in [6, 6.07) is 3.86. The zero-order valence-electron chi connectivity index (χ0n) is 10.6. The predicted molar refractivity (Wildman–Crippen MR) is 82.7 cm³/mol. The van der Waals surface area contributed by atoms with Crippen LogP contribution >= 0.6 is 34.8 Å². The van der Waals surface area contributed by atoms with Crippen LogP contribution in [0.2, 0.25) is 15.1 Å². The molecule has 0 bridgehead atoms. The maximum absolute atomic E-state index is 11.3. The van der Waals surface area contributed by atoms with Gasteiger partial charge >= 0.3 is 0 Å². The first-order valence-corrected chi connectivity index (χ1v) is 8.75. The van der Waals surface area contributed by atoms with Crippen LogP contribution in [0, 0.1) is 0 Å². The van der Waals surface area contributed by atoms with E-state index in [4.69, 9.17) is 34.8 Å². The van der Waals surface area contributed by atoms with Gasteiger partial charge in [-0.25, -0.2) is 13.0 Å². The molecule has 0 aliphatic carbocycles. The number of hydrogen-bond acceptors (Lipinski definition) is 4. The summed E-state index contributed by atoms with van der Waals surface area (Å²) in [5, 5.41) is 20.6. The lowest BCUT2D eigenvalue weighted by atomic mass is 10.3. The molecule has 0 aliphatic heterocycles. The summed E-state index contributed by atoms with van der Waals surface area (Å²) in [5.74, 6) is -1.22. The van der Waals surface area contributed by atoms with Crippen molar-refractivity contribution in [1.29, 1.82) is 0 Å². The second kappa shape index (κ2) is 5.61. The third kappa shape index (κ3) is 3.40. The fraction of sp³-hybridized carbons (Fsp3) is 0.167. The highest BCUT2D eigenvalue weighted by Gasteiger charge is 2.21. The minimum atomic E-state index is -3.37. The average molecular weight is 371 g/mol. The van der Waals surface area contributed by atoms with Crippen LogP contribution in [0.1, 0.15) is 5.56 Å². The average Bonchev–Trinajstić information content (AvgIpc) is 2.58. The molecule has 9 heteroatoms. The van der Waals surface area contributed by atoms with Gasteiger partial charge in [-0.3, -0.25) is 0 Å². The zero-order chi connectivity index (χ0) is 15.9. The first-order valence-electron chi connectivity index (χ1n) is 5.55. The first-order chi connectivity index (χ1) is 9.60. The van der Waals surface area contributed by atoms with E-state index in [0.717, 1.165) is 16.9 Å². The van der Waals surface area contributed by atoms with Gasteiger partial charge in [0.25, 0.3) is 0 Å². The molecular weight excluding hydrogens is 361 g/mol. The third-order valence-electron chi connectivity index (χ3n) is 2.68. The topological polar surface area (TPSA) is 79.5 Å². The van der Waals surface area contributed by atoms with Gasteiger partial charge < -0.3 is 10.2 Å². The summed E-state index contributed by atoms with van der Waals surface area (Å²) in [7, 11) is -3.37. The van der Waals surface area contributed by atoms with E-state index in [-0.39, 0.29) is 32.2 Å². The molecule has 2 rings (SSSR count). The summed E-state index contributed by atoms with van der Waals surface area (Å²) in [6.07, 6.45) is 1.02. The van der Waals surface area contributed by atoms with E-state index < -0.39 is 21.5 Å². The smallest absolute Gasteiger partial charge is 0.203 e. The number of hydrogen-bond donors (Lipinski definition) is 2. The minimum absolute atomic E-state index is 0.0529. The van der Waals surface area contributed by atoms with Crippen molar-refractivity contribution < 1.29 is 18.6 Å². The van der Waals surface area contributed by atoms with Gasteiger partial charge in [-0.05, 0) is 12.1 Å². The van der Waals surface area contributed by atoms with E-state index in [2.05, 4.69) is 0 Å². The zero-order valence-corrected chi connectivity index (χ0v) is 13.7. The Balaban J connectivity index is 2.63. The SMILES string of the molecule is CS(=O)(=O)Cc1cc(O)n(-c2cc(Cl)c(Cl)cc2Cl)c1O. The van der Waals surface area contributed by atoms with Crippen molar-refractivity contribution in [2.75, 3.05) is 6.26 Å². The van der Waals surface area contributed by atoms with Gasteiger partial charge in [-0.1, -0.05) is 34.8 Å². The van der Waals surface area contributed by atoms with Gasteiger partial charge in [-0.15, -0.1) is 0 Å². The van der Waals surface area contributed by atoms with Crippen molar-refractivity contribution in [2.45, 2.75) is 5.75 Å². The van der Waals surface area contributed by atoms with Gasteiger partial charge in [-0.2, -0.15) is 0 Å². The molecule has 0 spiro atoms. The lowest BCUT2D eigenvalue weighted by molar-refractivity contribution is 0.401. The molecule has 1 aromatic carbocycles. The number of aromatic hydroxyl groups is 2. The van der Waals surface area contributed by atoms with E-state index in [1.807, 2.05) is 0 Å². The fourth-order valence-electron chi connectivity index (χ4n) is 1.85. The molecule has 0 unspecified atom stereocenters. The van der Waals surface area contributed by atoms with Crippen LogP contribution in [0.4, 0.5) is 0 Å². The maximum Gasteiger partial charge on any atom is 0.203 e. The number of sulfone groups is 1. The van der Waals surface area contributed by atoms with Crippen LogP contribution in [0.3, 0.4) is 0 Å². The van der Waals surface area contributed by atoms with Crippen molar-refractivity contribution in [3.8, 4) is 17.4 Å². The first kappa shape index (κ1) is 16.3. The third-order valence-corrected chi connectivity index (χ3v) is 4.54. The van der Waals surface area contributed by atoms with E-state index in [0.29, 0.717) is 0 Å². The molecule has 0 fully saturated rings. The summed E-state index contributed by atoms with van der Waals surface area (Å²) in [6.45, 7) is 0. The minimum Gasteiger partial charge on any atom is -0.494 e. The lowest BCUT2D eigenvalue weighted by Crippen LogP contribution is -2.01. The molecule has 1 aromatic heterocycles. The van der Waals surface area contributed by atoms with E-state index in [1.54, 1.807) is 0 Å². The predicted octanol–water partition coefficient (Wildman–Crippen LogP) is 3.39. The van der Waals surface area contributed by atoms with Crippen LogP contribution in [0.5, 0.6) is 11.8 Å². The molecule has 2 N–H and O–H groups in total. The molecule has 0 saturated carbocycles. The molecule has 0 amide bonds. The largest absolute Gasteiger partial charge is 0.494 e. The summed E-state index contributed by atoms with van der Waals surface area (Å²) in [4.78, 5) is 0. The summed E-state index contributed by atoms with van der Waals surface area (Å²) in [5.41, 5.74) is 0.234. The summed E-state index contributed by atoms with van der Waals surface area (Å²) >= 11 is 17.7. The molecule has 0 radical (unpaired) electrons. The van der Waals surface area contributed by atoms with E-state index >= 15 is 0 Å². The molecule has 114 valence electrons. The van der Waals surface area contributed by atoms with Crippen LogP contribution in [-0.4, -0.2) is 29.5 Å². The molecule has 2 aromatic rings. The highest BCUT2D eigenvalue weighted by Crippen LogP contribution is 2.38. The van der Waals surface area contributed by atoms with Crippen LogP contribution in [-0.2, 0) is 15.6 Å². The maximum atomic E-state index is 11.3. The van der Waals surface area contributed by atoms with Crippen LogP contribution < -0.4 is 0 Å². The molecule has 0 aliphatic rings. The van der Waals surface area contributed by atoms with Crippen molar-refractivity contribution >= 4 is 44.6 Å². The normalized spacial score (nSPS) is 11.8. The highest BCUT2D eigenvalue weighted by atomic mass is 35.5. The molecule has 0 saturated heterocycles. The Labute approximate surface area is 136 Å². The van der Waals surface area contributed by atoms with E-state index in [1.165, 1.54) is 12.1 Å². The van der Waals surface area contributed by atoms with Crippen molar-refractivity contribution in [1.82, 2.24) is 4.57 Å². The van der Waals surface area contributed by atoms with Crippen molar-refractivity contribution in [3.63, 3.8) is 0 Å². The number of aromatic nitrogens is 1. The molecular formula is C12H10Cl3NO4S. The number of rotatable bonds is 3. The Hall–Kier alpha value is -1.08. The fourth-order valence-corrected chi connectivity index (χ4v) is 3.25. The Morgan fingerprint density at radius 2 is 1.62 bits per heavy atom. The molecule has 5 nitrogen and oxygen atoms in total. The Bertz CT molecular complexity index is 814. The van der Waals surface area contributed by atoms with E-state index in [9.17, 15) is 18.6 Å². The molecule has 0 atom stereocenters. The standard InChI is InChI=1S/C12H10Cl3NO4S/c1-21(19,20)5-6-2-11(17)16(12(6)18)10-4-8(14)7(13)3-9(10)15/h2-4,17-18H,5H2,1H3. The second-order valence-electron chi connectivity index (χ2n) is 4.47. The van der Waals surface area contributed by atoms with Crippen molar-refractivity contribution in [3.05, 3.63) is 38.8 Å². The summed E-state index contributed by atoms with van der Waals surface area (Å²) < 4.78 is 23.6. The van der Waals surface area contributed by atoms with Crippen LogP contribution in [0.25, 0.3) is 5.69 Å². The van der Waals surface area contributed by atoms with Gasteiger partial charge in [0.15, 0.2) is 15.7 Å². The Morgan fingerprint density at radius 3 is 2.19 bits per heavy atom. The molecule has 21 heavy (non-hydrogen) atoms. The van der Waals surface area contributed by atoms with Gasteiger partial charge in [0.05, 0.1) is 26.5 Å². The number of nitrogens with zero attached hydrogens (tertiary/aromatic N) is 1. The lowest BCUT2D eigenvalue weighted by Gasteiger charge is -2.10. The highest BCUT2D eigenvalue weighted by molar-refractivity contribution is 7.89. The monoisotopic (exact) mass is 369 g/mol. The number of benzene rings is 1. The van der Waals surface area contributed by atoms with Gasteiger partial charge in [0.1, 0.15) is 0 Å². The second-order valence-corrected chi connectivity index (χ2v) is 7.84. The van der Waals surface area contributed by atoms with Gasteiger partial charge in [0, 0.05) is 17.9 Å². The van der Waals surface area contributed by atoms with Gasteiger partial charge in [0.2, 0.25) is 5.88 Å². The molecule has 1 heterocycles. The van der Waals surface area contributed by atoms with Crippen LogP contribution in [0.15, 0.2) is 18.2 Å². The Kier molecular flexibility index (Phi) is 4.35. The quantitative estimate of drug-likeness (QED) is 0.812. The number of halogens is 3. The Morgan fingerprint density at radius 1 is 1.05 bits per heavy atom.